The van der Waals surface area contributed by atoms with Crippen molar-refractivity contribution in [2.45, 2.75) is 39.0 Å². The van der Waals surface area contributed by atoms with Crippen molar-refractivity contribution >= 4 is 23.5 Å². The molecule has 9 nitrogen and oxygen atoms in total. The molecule has 2 fully saturated rings. The van der Waals surface area contributed by atoms with Crippen LogP contribution in [-0.2, 0) is 4.74 Å². The van der Waals surface area contributed by atoms with Gasteiger partial charge in [-0.1, -0.05) is 6.07 Å². The molecule has 0 aliphatic carbocycles. The number of alkyl halides is 3. The Morgan fingerprint density at radius 3 is 2.68 bits per heavy atom. The molecule has 0 bridgehead atoms. The molecule has 3 heterocycles. The number of morpholine rings is 1. The van der Waals surface area contributed by atoms with Crippen molar-refractivity contribution in [3.8, 4) is 11.3 Å². The summed E-state index contributed by atoms with van der Waals surface area (Å²) in [5, 5.41) is 15.7. The maximum Gasteiger partial charge on any atom is 0.389 e. The number of carbonyl (C=O) groups excluding carboxylic acids is 1. The van der Waals surface area contributed by atoms with Crippen LogP contribution in [-0.4, -0.2) is 84.2 Å². The average molecular weight is 523 g/mol. The SMILES string of the molecule is Cc1ccc(NC(=O)N2CC[C@@H](CC(F)(F)F)C2)cc1-c1cc(NC[C@H](C)O)nc(N2CCOCC2)n1. The number of aryl methyl sites for hydroxylation is 1. The van der Waals surface area contributed by atoms with Gasteiger partial charge in [-0.3, -0.25) is 0 Å². The highest BCUT2D eigenvalue weighted by molar-refractivity contribution is 5.90. The first-order valence-electron chi connectivity index (χ1n) is 12.4. The molecule has 0 radical (unpaired) electrons. The van der Waals surface area contributed by atoms with E-state index in [9.17, 15) is 23.1 Å². The number of rotatable bonds is 7. The quantitative estimate of drug-likeness (QED) is 0.507. The summed E-state index contributed by atoms with van der Waals surface area (Å²) in [6, 6.07) is 6.80. The van der Waals surface area contributed by atoms with Gasteiger partial charge in [-0.2, -0.15) is 18.2 Å². The number of urea groups is 1. The summed E-state index contributed by atoms with van der Waals surface area (Å²) >= 11 is 0. The molecular weight excluding hydrogens is 489 g/mol. The minimum absolute atomic E-state index is 0.0805. The molecule has 202 valence electrons. The molecule has 2 amide bonds. The van der Waals surface area contributed by atoms with Gasteiger partial charge in [0.15, 0.2) is 0 Å². The number of aromatic nitrogens is 2. The second-order valence-electron chi connectivity index (χ2n) is 9.65. The number of likely N-dealkylation sites (tertiary alicyclic amines) is 1. The van der Waals surface area contributed by atoms with E-state index in [4.69, 9.17) is 9.72 Å². The Morgan fingerprint density at radius 1 is 1.22 bits per heavy atom. The van der Waals surface area contributed by atoms with E-state index in [1.54, 1.807) is 25.1 Å². The third-order valence-electron chi connectivity index (χ3n) is 6.44. The fraction of sp³-hybridized carbons (Fsp3) is 0.560. The maximum absolute atomic E-state index is 12.8. The largest absolute Gasteiger partial charge is 0.392 e. The topological polar surface area (TPSA) is 103 Å². The second kappa shape index (κ2) is 11.5. The number of halogens is 3. The van der Waals surface area contributed by atoms with Crippen LogP contribution in [0.2, 0.25) is 0 Å². The van der Waals surface area contributed by atoms with E-state index in [-0.39, 0.29) is 6.54 Å². The van der Waals surface area contributed by atoms with Crippen molar-refractivity contribution in [3.05, 3.63) is 29.8 Å². The molecule has 0 spiro atoms. The fourth-order valence-electron chi connectivity index (χ4n) is 4.51. The number of nitrogens with zero attached hydrogens (tertiary/aromatic N) is 4. The van der Waals surface area contributed by atoms with Crippen molar-refractivity contribution in [2.24, 2.45) is 5.92 Å². The third-order valence-corrected chi connectivity index (χ3v) is 6.44. The summed E-state index contributed by atoms with van der Waals surface area (Å²) in [4.78, 5) is 25.6. The number of anilines is 3. The number of nitrogens with one attached hydrogen (secondary N) is 2. The van der Waals surface area contributed by atoms with Crippen LogP contribution in [0.5, 0.6) is 0 Å². The summed E-state index contributed by atoms with van der Waals surface area (Å²) in [6.45, 7) is 6.76. The van der Waals surface area contributed by atoms with Gasteiger partial charge in [0.1, 0.15) is 5.82 Å². The highest BCUT2D eigenvalue weighted by Crippen LogP contribution is 2.32. The van der Waals surface area contributed by atoms with Crippen molar-refractivity contribution in [1.29, 1.82) is 0 Å². The first-order chi connectivity index (χ1) is 17.6. The maximum atomic E-state index is 12.8. The summed E-state index contributed by atoms with van der Waals surface area (Å²) < 4.78 is 43.6. The lowest BCUT2D eigenvalue weighted by Crippen LogP contribution is -2.37. The van der Waals surface area contributed by atoms with E-state index in [2.05, 4.69) is 15.6 Å². The summed E-state index contributed by atoms with van der Waals surface area (Å²) in [7, 11) is 0. The zero-order valence-electron chi connectivity index (χ0n) is 21.0. The molecule has 2 aromatic rings. The zero-order chi connectivity index (χ0) is 26.6. The standard InChI is InChI=1S/C25H33F3N6O3/c1-16-3-4-19(30-24(36)34-6-5-18(15-34)13-25(26,27)28)11-20(16)21-12-22(29-14-17(2)35)32-23(31-21)33-7-9-37-10-8-33/h3-4,11-12,17-18,35H,5-10,13-15H2,1-2H3,(H,30,36)(H,29,31,32)/t17-,18-/m0/s1. The lowest BCUT2D eigenvalue weighted by molar-refractivity contribution is -0.143. The van der Waals surface area contributed by atoms with E-state index >= 15 is 0 Å². The molecule has 2 aliphatic heterocycles. The van der Waals surface area contributed by atoms with Crippen LogP contribution in [0.3, 0.4) is 0 Å². The van der Waals surface area contributed by atoms with E-state index < -0.39 is 30.7 Å². The molecule has 3 N–H and O–H groups in total. The van der Waals surface area contributed by atoms with Crippen molar-refractivity contribution in [1.82, 2.24) is 14.9 Å². The number of hydrogen-bond donors (Lipinski definition) is 3. The highest BCUT2D eigenvalue weighted by atomic mass is 19.4. The lowest BCUT2D eigenvalue weighted by Gasteiger charge is -2.27. The predicted octanol–water partition coefficient (Wildman–Crippen LogP) is 3.89. The first-order valence-corrected chi connectivity index (χ1v) is 12.4. The molecule has 2 aliphatic rings. The van der Waals surface area contributed by atoms with Crippen LogP contribution in [0.1, 0.15) is 25.3 Å². The molecule has 1 aromatic heterocycles. The number of carbonyl (C=O) groups is 1. The Labute approximate surface area is 214 Å². The summed E-state index contributed by atoms with van der Waals surface area (Å²) in [5.41, 5.74) is 2.88. The number of ether oxygens (including phenoxy) is 1. The van der Waals surface area contributed by atoms with Gasteiger partial charge < -0.3 is 30.3 Å². The van der Waals surface area contributed by atoms with Crippen LogP contribution < -0.4 is 15.5 Å². The van der Waals surface area contributed by atoms with Crippen molar-refractivity contribution in [2.75, 3.05) is 61.5 Å². The van der Waals surface area contributed by atoms with Gasteiger partial charge in [-0.05, 0) is 43.9 Å². The molecule has 2 saturated heterocycles. The molecule has 0 saturated carbocycles. The molecule has 4 rings (SSSR count). The second-order valence-corrected chi connectivity index (χ2v) is 9.65. The van der Waals surface area contributed by atoms with Gasteiger partial charge in [0.25, 0.3) is 0 Å². The van der Waals surface area contributed by atoms with Crippen LogP contribution in [0.4, 0.5) is 35.4 Å². The van der Waals surface area contributed by atoms with Gasteiger partial charge in [-0.15, -0.1) is 0 Å². The fourth-order valence-corrected chi connectivity index (χ4v) is 4.51. The van der Waals surface area contributed by atoms with Crippen LogP contribution in [0.15, 0.2) is 24.3 Å². The number of hydrogen-bond acceptors (Lipinski definition) is 7. The predicted molar refractivity (Wildman–Crippen MR) is 135 cm³/mol. The van der Waals surface area contributed by atoms with Crippen LogP contribution in [0, 0.1) is 12.8 Å². The molecule has 12 heteroatoms. The van der Waals surface area contributed by atoms with E-state index in [1.165, 1.54) is 4.90 Å². The smallest absolute Gasteiger partial charge is 0.389 e. The minimum atomic E-state index is -4.23. The van der Waals surface area contributed by atoms with Crippen LogP contribution >= 0.6 is 0 Å². The van der Waals surface area contributed by atoms with Crippen molar-refractivity contribution < 1.29 is 27.8 Å². The Bertz CT molecular complexity index is 1090. The monoisotopic (exact) mass is 522 g/mol. The van der Waals surface area contributed by atoms with Crippen molar-refractivity contribution in [3.63, 3.8) is 0 Å². The van der Waals surface area contributed by atoms with E-state index in [0.29, 0.717) is 69.0 Å². The normalized spacial score (nSPS) is 19.1. The Balaban J connectivity index is 1.54. The molecule has 1 aromatic carbocycles. The first kappa shape index (κ1) is 26.9. The summed E-state index contributed by atoms with van der Waals surface area (Å²) in [5.74, 6) is 0.524. The zero-order valence-corrected chi connectivity index (χ0v) is 21.0. The van der Waals surface area contributed by atoms with Crippen LogP contribution in [0.25, 0.3) is 11.3 Å². The van der Waals surface area contributed by atoms with Gasteiger partial charge in [0, 0.05) is 56.5 Å². The van der Waals surface area contributed by atoms with Gasteiger partial charge in [-0.25, -0.2) is 9.78 Å². The number of aliphatic hydroxyl groups is 1. The van der Waals surface area contributed by atoms with Gasteiger partial charge in [0.2, 0.25) is 5.95 Å². The van der Waals surface area contributed by atoms with Gasteiger partial charge in [0.05, 0.1) is 25.0 Å². The Hall–Kier alpha value is -3.12. The molecule has 37 heavy (non-hydrogen) atoms. The third kappa shape index (κ3) is 7.45. The molecular formula is C25H33F3N6O3. The van der Waals surface area contributed by atoms with Gasteiger partial charge >= 0.3 is 12.2 Å². The number of aliphatic hydroxyl groups excluding tert-OH is 1. The summed E-state index contributed by atoms with van der Waals surface area (Å²) in [6.07, 6.45) is -5.34. The lowest BCUT2D eigenvalue weighted by atomic mass is 10.0. The Morgan fingerprint density at radius 2 is 1.97 bits per heavy atom. The highest BCUT2D eigenvalue weighted by Gasteiger charge is 2.36. The molecule has 0 unspecified atom stereocenters. The minimum Gasteiger partial charge on any atom is -0.392 e. The number of amides is 2. The number of benzene rings is 1. The van der Waals surface area contributed by atoms with E-state index in [0.717, 1.165) is 11.1 Å². The Kier molecular flexibility index (Phi) is 8.38. The van der Waals surface area contributed by atoms with E-state index in [1.807, 2.05) is 17.9 Å². The molecule has 2 atom stereocenters. The average Bonchev–Trinajstić information content (AvgIpc) is 3.31.